The molecule has 8 atom stereocenters. The molecule has 9 heteroatoms. The molecule has 0 unspecified atom stereocenters. The van der Waals surface area contributed by atoms with Crippen LogP contribution >= 0.6 is 11.6 Å². The van der Waals surface area contributed by atoms with Gasteiger partial charge in [-0.1, -0.05) is 71.2 Å². The number of aliphatic carboxylic acids is 1. The van der Waals surface area contributed by atoms with Gasteiger partial charge in [-0.05, 0) is 130 Å². The van der Waals surface area contributed by atoms with Crippen LogP contribution in [-0.4, -0.2) is 38.3 Å². The molecule has 8 nitrogen and oxygen atoms in total. The SMILES string of the molecule is CC(C)C1=C2[C@H]3CC[C@@H]4[C@@]5(C)CC[C@H](OC(=O)CC(C)(C)C(=O)O)C(C)(C)[C@@H]5CC[C@@]4(C)[C@]3(C)CC[C@@]2(c2nnc(-c3ccc(Cl)cn3)o2)CC1. The van der Waals surface area contributed by atoms with Crippen molar-refractivity contribution < 1.29 is 23.8 Å². The van der Waals surface area contributed by atoms with E-state index in [0.29, 0.717) is 40.3 Å². The normalized spacial score (nSPS) is 37.3. The number of hydrogen-bond acceptors (Lipinski definition) is 7. The molecule has 2 aromatic heterocycles. The Balaban J connectivity index is 1.18. The minimum Gasteiger partial charge on any atom is -0.481 e. The van der Waals surface area contributed by atoms with Crippen molar-refractivity contribution in [1.29, 1.82) is 0 Å². The second kappa shape index (κ2) is 12.1. The van der Waals surface area contributed by atoms with Crippen molar-refractivity contribution in [3.05, 3.63) is 40.4 Å². The Hall–Kier alpha value is -2.74. The van der Waals surface area contributed by atoms with Gasteiger partial charge in [-0.25, -0.2) is 4.98 Å². The van der Waals surface area contributed by atoms with Gasteiger partial charge in [0.2, 0.25) is 5.89 Å². The Morgan fingerprint density at radius 1 is 0.961 bits per heavy atom. The number of ether oxygens (including phenoxy) is 1. The molecule has 2 heterocycles. The number of carboxylic acids is 1. The zero-order valence-corrected chi connectivity index (χ0v) is 33.0. The summed E-state index contributed by atoms with van der Waals surface area (Å²) >= 11 is 6.12. The van der Waals surface area contributed by atoms with E-state index >= 15 is 0 Å². The highest BCUT2D eigenvalue weighted by Gasteiger charge is 2.70. The van der Waals surface area contributed by atoms with Crippen LogP contribution in [0.2, 0.25) is 5.02 Å². The predicted molar refractivity (Wildman–Crippen MR) is 197 cm³/mol. The van der Waals surface area contributed by atoms with Gasteiger partial charge in [0.25, 0.3) is 5.89 Å². The first-order valence-corrected chi connectivity index (χ1v) is 19.8. The van der Waals surface area contributed by atoms with E-state index in [1.165, 1.54) is 6.42 Å². The number of carbonyl (C=O) groups excluding carboxylic acids is 1. The van der Waals surface area contributed by atoms with E-state index in [0.717, 1.165) is 63.7 Å². The first-order chi connectivity index (χ1) is 23.8. The number of aromatic nitrogens is 3. The number of esters is 1. The van der Waals surface area contributed by atoms with E-state index in [9.17, 15) is 14.7 Å². The molecule has 4 saturated carbocycles. The summed E-state index contributed by atoms with van der Waals surface area (Å²) in [5.41, 5.74) is 2.69. The quantitative estimate of drug-likeness (QED) is 0.222. The van der Waals surface area contributed by atoms with Gasteiger partial charge < -0.3 is 14.3 Å². The van der Waals surface area contributed by atoms with E-state index in [2.05, 4.69) is 58.5 Å². The monoisotopic (exact) mass is 719 g/mol. The summed E-state index contributed by atoms with van der Waals surface area (Å²) in [5, 5.41) is 19.5. The third-order valence-electron chi connectivity index (χ3n) is 15.8. The molecule has 1 N–H and O–H groups in total. The molecule has 5 aliphatic rings. The average molecular weight is 720 g/mol. The lowest BCUT2D eigenvalue weighted by atomic mass is 9.33. The molecule has 5 aliphatic carbocycles. The van der Waals surface area contributed by atoms with Crippen molar-refractivity contribution in [2.24, 2.45) is 50.7 Å². The minimum absolute atomic E-state index is 0.115. The van der Waals surface area contributed by atoms with Gasteiger partial charge in [0.1, 0.15) is 11.8 Å². The lowest BCUT2D eigenvalue weighted by Gasteiger charge is -2.72. The summed E-state index contributed by atoms with van der Waals surface area (Å²) < 4.78 is 12.8. The summed E-state index contributed by atoms with van der Waals surface area (Å²) in [4.78, 5) is 29.3. The maximum Gasteiger partial charge on any atom is 0.309 e. The Morgan fingerprint density at radius 2 is 1.71 bits per heavy atom. The molecule has 0 spiro atoms. The summed E-state index contributed by atoms with van der Waals surface area (Å²) in [6.45, 7) is 20.3. The summed E-state index contributed by atoms with van der Waals surface area (Å²) in [6, 6.07) is 3.66. The third-order valence-corrected chi connectivity index (χ3v) is 16.0. The first-order valence-electron chi connectivity index (χ1n) is 19.4. The van der Waals surface area contributed by atoms with Crippen LogP contribution in [0.3, 0.4) is 0 Å². The van der Waals surface area contributed by atoms with Crippen LogP contribution < -0.4 is 0 Å². The van der Waals surface area contributed by atoms with Crippen LogP contribution in [-0.2, 0) is 19.7 Å². The average Bonchev–Trinajstić information content (AvgIpc) is 3.70. The molecule has 0 saturated heterocycles. The molecular weight excluding hydrogens is 662 g/mol. The fourth-order valence-corrected chi connectivity index (χ4v) is 13.0. The number of carboxylic acid groups (broad SMARTS) is 1. The second-order valence-corrected chi connectivity index (χ2v) is 19.7. The van der Waals surface area contributed by atoms with Gasteiger partial charge in [0.05, 0.1) is 22.3 Å². The van der Waals surface area contributed by atoms with Crippen LogP contribution in [0.4, 0.5) is 0 Å². The number of fused-ring (bicyclic) bond motifs is 7. The molecule has 278 valence electrons. The van der Waals surface area contributed by atoms with Crippen LogP contribution in [0.15, 0.2) is 33.9 Å². The fraction of sp³-hybridized carbons (Fsp3) is 0.738. The van der Waals surface area contributed by atoms with Crippen molar-refractivity contribution in [2.45, 2.75) is 144 Å². The fourth-order valence-electron chi connectivity index (χ4n) is 12.8. The Bertz CT molecular complexity index is 1750. The second-order valence-electron chi connectivity index (χ2n) is 19.3. The molecule has 51 heavy (non-hydrogen) atoms. The number of carbonyl (C=O) groups is 2. The Morgan fingerprint density at radius 3 is 2.37 bits per heavy atom. The zero-order valence-electron chi connectivity index (χ0n) is 32.2. The molecule has 2 aromatic rings. The number of nitrogens with zero attached hydrogens (tertiary/aromatic N) is 3. The molecule has 0 amide bonds. The van der Waals surface area contributed by atoms with Gasteiger partial charge in [-0.3, -0.25) is 9.59 Å². The van der Waals surface area contributed by atoms with E-state index in [-0.39, 0.29) is 39.6 Å². The van der Waals surface area contributed by atoms with Crippen molar-refractivity contribution in [2.75, 3.05) is 0 Å². The number of hydrogen-bond donors (Lipinski definition) is 1. The predicted octanol–water partition coefficient (Wildman–Crippen LogP) is 10.3. The minimum atomic E-state index is -1.15. The highest BCUT2D eigenvalue weighted by molar-refractivity contribution is 6.30. The maximum absolute atomic E-state index is 13.1. The van der Waals surface area contributed by atoms with Crippen molar-refractivity contribution >= 4 is 23.5 Å². The molecule has 0 aromatic carbocycles. The molecular formula is C42H58ClN3O5. The molecule has 0 aliphatic heterocycles. The molecule has 0 radical (unpaired) electrons. The maximum atomic E-state index is 13.1. The lowest BCUT2D eigenvalue weighted by molar-refractivity contribution is -0.232. The van der Waals surface area contributed by atoms with Crippen LogP contribution in [0.5, 0.6) is 0 Å². The van der Waals surface area contributed by atoms with E-state index in [1.807, 2.05) is 12.1 Å². The summed E-state index contributed by atoms with van der Waals surface area (Å²) in [7, 11) is 0. The van der Waals surface area contributed by atoms with Crippen LogP contribution in [0.25, 0.3) is 11.6 Å². The molecule has 0 bridgehead atoms. The van der Waals surface area contributed by atoms with Gasteiger partial charge in [-0.2, -0.15) is 0 Å². The Kier molecular flexibility index (Phi) is 8.72. The largest absolute Gasteiger partial charge is 0.481 e. The van der Waals surface area contributed by atoms with E-state index in [1.54, 1.807) is 31.2 Å². The Labute approximate surface area is 308 Å². The van der Waals surface area contributed by atoms with Gasteiger partial charge in [-0.15, -0.1) is 10.2 Å². The van der Waals surface area contributed by atoms with Gasteiger partial charge in [0.15, 0.2) is 0 Å². The first kappa shape index (κ1) is 36.6. The third kappa shape index (κ3) is 5.37. The highest BCUT2D eigenvalue weighted by Crippen LogP contribution is 2.77. The number of pyridine rings is 1. The van der Waals surface area contributed by atoms with Gasteiger partial charge in [0, 0.05) is 11.6 Å². The number of rotatable bonds is 7. The zero-order chi connectivity index (χ0) is 36.9. The van der Waals surface area contributed by atoms with E-state index < -0.39 is 17.4 Å². The van der Waals surface area contributed by atoms with Gasteiger partial charge >= 0.3 is 11.9 Å². The number of allylic oxidation sites excluding steroid dienone is 2. The van der Waals surface area contributed by atoms with Crippen LogP contribution in [0, 0.1) is 50.7 Å². The van der Waals surface area contributed by atoms with Crippen molar-refractivity contribution in [3.8, 4) is 11.6 Å². The topological polar surface area (TPSA) is 115 Å². The van der Waals surface area contributed by atoms with Crippen LogP contribution in [0.1, 0.15) is 139 Å². The molecule has 4 fully saturated rings. The highest BCUT2D eigenvalue weighted by atomic mass is 35.5. The standard InChI is InChI=1S/C42H58ClN3O5/c1-24(2)26-14-19-42(35-46-45-34(51-35)28-12-10-25(43)23-44-28)21-20-40(8)27(33(26)42)11-13-30-39(7)17-16-31(50-32(47)22-37(3,4)36(48)49)38(5,6)29(39)15-18-41(30,40)9/h10,12,23-24,27,29-31H,11,13-22H2,1-9H3,(H,48,49)/t27-,29+,30-,31+,39+,40-,41-,42+/m1/s1. The lowest BCUT2D eigenvalue weighted by Crippen LogP contribution is -2.66. The summed E-state index contributed by atoms with van der Waals surface area (Å²) in [5.74, 6) is 1.74. The molecule has 7 rings (SSSR count). The van der Waals surface area contributed by atoms with E-state index in [4.69, 9.17) is 25.9 Å². The van der Waals surface area contributed by atoms with Crippen molar-refractivity contribution in [1.82, 2.24) is 15.2 Å². The number of halogens is 1. The smallest absolute Gasteiger partial charge is 0.309 e. The van der Waals surface area contributed by atoms with Crippen molar-refractivity contribution in [3.63, 3.8) is 0 Å². The summed E-state index contributed by atoms with van der Waals surface area (Å²) in [6.07, 6.45) is 12.0.